The number of carbonyl (C=O) groups is 1. The number of rotatable bonds is 9. The van der Waals surface area contributed by atoms with Gasteiger partial charge in [-0.2, -0.15) is 0 Å². The number of methoxy groups -OCH3 is 1. The molecular formula is C24H26N2O6S2. The van der Waals surface area contributed by atoms with Crippen molar-refractivity contribution in [3.63, 3.8) is 0 Å². The Morgan fingerprint density at radius 1 is 1.18 bits per heavy atom. The van der Waals surface area contributed by atoms with Gasteiger partial charge < -0.3 is 19.2 Å². The summed E-state index contributed by atoms with van der Waals surface area (Å²) in [6.07, 6.45) is 4.85. The first-order valence-corrected chi connectivity index (χ1v) is 14.0. The van der Waals surface area contributed by atoms with E-state index < -0.39 is 14.6 Å². The average Bonchev–Trinajstić information content (AvgIpc) is 3.23. The van der Waals surface area contributed by atoms with Crippen LogP contribution in [0.5, 0.6) is 5.75 Å². The van der Waals surface area contributed by atoms with Crippen LogP contribution in [-0.2, 0) is 24.7 Å². The minimum Gasteiger partial charge on any atom is -0.491 e. The minimum absolute atomic E-state index is 0.0245. The average molecular weight is 503 g/mol. The number of amides is 1. The first-order valence-electron chi connectivity index (χ1n) is 11.3. The van der Waals surface area contributed by atoms with Crippen molar-refractivity contribution >= 4 is 37.3 Å². The number of fused-ring (bicyclic) bond motifs is 1. The summed E-state index contributed by atoms with van der Waals surface area (Å²) in [5.74, 6) is 1.06. The summed E-state index contributed by atoms with van der Waals surface area (Å²) >= 11 is 1.69. The number of benzene rings is 1. The lowest BCUT2D eigenvalue weighted by Crippen LogP contribution is -2.76. The Labute approximate surface area is 201 Å². The van der Waals surface area contributed by atoms with Crippen molar-refractivity contribution in [2.75, 3.05) is 26.6 Å². The van der Waals surface area contributed by atoms with Crippen LogP contribution in [0.4, 0.5) is 0 Å². The molecule has 2 heterocycles. The number of carbonyl (C=O) groups excluding carboxylic acids is 1. The quantitative estimate of drug-likeness (QED) is 0.446. The van der Waals surface area contributed by atoms with E-state index in [9.17, 15) is 13.2 Å². The number of aromatic nitrogens is 1. The molecule has 0 atom stereocenters. The molecule has 4 saturated carbocycles. The van der Waals surface area contributed by atoms with Gasteiger partial charge in [-0.25, -0.2) is 13.4 Å². The van der Waals surface area contributed by atoms with E-state index in [-0.39, 0.29) is 22.6 Å². The van der Waals surface area contributed by atoms with E-state index in [4.69, 9.17) is 18.9 Å². The number of ether oxygens (including phenoxy) is 2. The van der Waals surface area contributed by atoms with Crippen LogP contribution in [0.1, 0.15) is 53.4 Å². The van der Waals surface area contributed by atoms with Crippen molar-refractivity contribution in [3.8, 4) is 5.75 Å². The topological polar surface area (TPSA) is 108 Å². The minimum atomic E-state index is -3.28. The molecule has 7 rings (SSSR count). The largest absolute Gasteiger partial charge is 0.491 e. The second-order valence-corrected chi connectivity index (χ2v) is 13.3. The highest BCUT2D eigenvalue weighted by atomic mass is 32.2. The van der Waals surface area contributed by atoms with Crippen molar-refractivity contribution in [1.29, 1.82) is 0 Å². The van der Waals surface area contributed by atoms with Crippen LogP contribution in [0.15, 0.2) is 34.7 Å². The summed E-state index contributed by atoms with van der Waals surface area (Å²) in [6.45, 7) is 1.05. The number of nitrogens with one attached hydrogen (secondary N) is 1. The maximum absolute atomic E-state index is 12.8. The van der Waals surface area contributed by atoms with Crippen LogP contribution in [0.25, 0.3) is 10.2 Å². The van der Waals surface area contributed by atoms with Crippen molar-refractivity contribution < 1.29 is 27.1 Å². The fourth-order valence-corrected chi connectivity index (χ4v) is 8.03. The predicted octanol–water partition coefficient (Wildman–Crippen LogP) is 3.55. The van der Waals surface area contributed by atoms with Crippen LogP contribution in [0, 0.1) is 0 Å². The lowest BCUT2D eigenvalue weighted by Gasteiger charge is -2.69. The van der Waals surface area contributed by atoms with E-state index in [2.05, 4.69) is 5.32 Å². The Hall–Kier alpha value is -2.43. The normalized spacial score (nSPS) is 26.5. The van der Waals surface area contributed by atoms with Gasteiger partial charge in [0.2, 0.25) is 0 Å². The molecule has 0 unspecified atom stereocenters. The molecule has 0 saturated heterocycles. The third-order valence-corrected chi connectivity index (χ3v) is 10.8. The van der Waals surface area contributed by atoms with E-state index in [1.807, 2.05) is 18.2 Å². The molecule has 1 amide bonds. The lowest BCUT2D eigenvalue weighted by molar-refractivity contribution is -0.0811. The Kier molecular flexibility index (Phi) is 4.73. The van der Waals surface area contributed by atoms with Crippen LogP contribution in [0.2, 0.25) is 0 Å². The summed E-state index contributed by atoms with van der Waals surface area (Å²) in [6, 6.07) is 9.14. The number of thiazole rings is 1. The van der Waals surface area contributed by atoms with Crippen molar-refractivity contribution in [1.82, 2.24) is 10.3 Å². The van der Waals surface area contributed by atoms with E-state index >= 15 is 0 Å². The van der Waals surface area contributed by atoms with Gasteiger partial charge in [0, 0.05) is 24.3 Å². The summed E-state index contributed by atoms with van der Waals surface area (Å²) in [5, 5.41) is 4.24. The number of nitrogens with zero attached hydrogens (tertiary/aromatic N) is 1. The second-order valence-electron chi connectivity index (χ2n) is 9.97. The maximum atomic E-state index is 12.8. The van der Waals surface area contributed by atoms with Gasteiger partial charge in [-0.3, -0.25) is 4.79 Å². The monoisotopic (exact) mass is 502 g/mol. The molecule has 4 fully saturated rings. The number of hydrogen-bond donors (Lipinski definition) is 1. The number of hydrogen-bond acceptors (Lipinski definition) is 8. The molecular weight excluding hydrogens is 476 g/mol. The van der Waals surface area contributed by atoms with Crippen LogP contribution in [-0.4, -0.2) is 51.4 Å². The van der Waals surface area contributed by atoms with Gasteiger partial charge in [0.05, 0.1) is 16.8 Å². The molecule has 2 bridgehead atoms. The van der Waals surface area contributed by atoms with Crippen LogP contribution >= 0.6 is 11.3 Å². The smallest absolute Gasteiger partial charge is 0.287 e. The maximum Gasteiger partial charge on any atom is 0.287 e. The summed E-state index contributed by atoms with van der Waals surface area (Å²) in [7, 11) is -1.63. The van der Waals surface area contributed by atoms with Crippen molar-refractivity contribution in [3.05, 3.63) is 46.9 Å². The van der Waals surface area contributed by atoms with E-state index in [1.165, 1.54) is 6.26 Å². The van der Waals surface area contributed by atoms with Gasteiger partial charge in [-0.05, 0) is 62.4 Å². The van der Waals surface area contributed by atoms with Gasteiger partial charge in [-0.15, -0.1) is 11.3 Å². The number of sulfone groups is 1. The van der Waals surface area contributed by atoms with Gasteiger partial charge in [0.15, 0.2) is 15.6 Å². The van der Waals surface area contributed by atoms with Crippen LogP contribution < -0.4 is 10.1 Å². The van der Waals surface area contributed by atoms with Gasteiger partial charge in [0.25, 0.3) is 5.91 Å². The SMILES string of the molecule is COCCOc1ccc2nc(C34CC(NC(=O)c5ccc(C6(S(C)(=O)=O)CC6)o5)(C3)C4)sc2c1. The van der Waals surface area contributed by atoms with Gasteiger partial charge in [0.1, 0.15) is 27.9 Å². The molecule has 0 aliphatic heterocycles. The molecule has 1 N–H and O–H groups in total. The molecule has 0 radical (unpaired) electrons. The molecule has 4 aliphatic carbocycles. The Morgan fingerprint density at radius 3 is 2.62 bits per heavy atom. The summed E-state index contributed by atoms with van der Waals surface area (Å²) in [4.78, 5) is 17.7. The Morgan fingerprint density at radius 2 is 1.94 bits per heavy atom. The summed E-state index contributed by atoms with van der Waals surface area (Å²) in [5.41, 5.74) is 0.756. The first kappa shape index (κ1) is 22.1. The standard InChI is InChI=1S/C24H26N2O6S2/c1-30-9-10-31-15-3-4-16-18(11-15)33-21(25-16)22-12-23(13-22,14-22)26-20(27)17-5-6-19(32-17)24(7-8-24)34(2,28)29/h3-6,11H,7-10,12-14H2,1-2H3,(H,26,27). The van der Waals surface area contributed by atoms with E-state index in [0.29, 0.717) is 31.8 Å². The molecule has 3 aromatic rings. The first-order chi connectivity index (χ1) is 16.2. The second kappa shape index (κ2) is 7.29. The van der Waals surface area contributed by atoms with Crippen LogP contribution in [0.3, 0.4) is 0 Å². The number of furan rings is 1. The fraction of sp³-hybridized carbons (Fsp3) is 0.500. The molecule has 0 spiro atoms. The van der Waals surface area contributed by atoms with Crippen molar-refractivity contribution in [2.24, 2.45) is 0 Å². The third-order valence-electron chi connectivity index (χ3n) is 7.47. The molecule has 1 aromatic carbocycles. The zero-order valence-electron chi connectivity index (χ0n) is 19.0. The van der Waals surface area contributed by atoms with Gasteiger partial charge in [-0.1, -0.05) is 0 Å². The lowest BCUT2D eigenvalue weighted by atomic mass is 9.39. The Bertz CT molecular complexity index is 1380. The fourth-order valence-electron chi connectivity index (χ4n) is 5.53. The third kappa shape index (κ3) is 3.30. The molecule has 10 heteroatoms. The molecule has 2 aromatic heterocycles. The Balaban J connectivity index is 1.11. The van der Waals surface area contributed by atoms with Gasteiger partial charge >= 0.3 is 0 Å². The molecule has 180 valence electrons. The van der Waals surface area contributed by atoms with E-state index in [1.54, 1.807) is 30.6 Å². The van der Waals surface area contributed by atoms with E-state index in [0.717, 1.165) is 40.2 Å². The highest BCUT2D eigenvalue weighted by Crippen LogP contribution is 2.68. The zero-order valence-corrected chi connectivity index (χ0v) is 20.7. The predicted molar refractivity (Wildman–Crippen MR) is 127 cm³/mol. The molecule has 4 aliphatic rings. The zero-order chi connectivity index (χ0) is 23.8. The highest BCUT2D eigenvalue weighted by Gasteiger charge is 2.70. The molecule has 34 heavy (non-hydrogen) atoms. The summed E-state index contributed by atoms with van der Waals surface area (Å²) < 4.78 is 40.8. The molecule has 8 nitrogen and oxygen atoms in total. The van der Waals surface area contributed by atoms with Crippen molar-refractivity contribution in [2.45, 2.75) is 47.8 Å². The highest BCUT2D eigenvalue weighted by molar-refractivity contribution is 7.91.